The lowest BCUT2D eigenvalue weighted by Crippen LogP contribution is -1.92. The quantitative estimate of drug-likeness (QED) is 0.716. The van der Waals surface area contributed by atoms with Gasteiger partial charge in [0.15, 0.2) is 0 Å². The Bertz CT molecular complexity index is 328. The zero-order valence-electron chi connectivity index (χ0n) is 7.62. The van der Waals surface area contributed by atoms with Crippen LogP contribution in [0.25, 0.3) is 0 Å². The summed E-state index contributed by atoms with van der Waals surface area (Å²) < 4.78 is 0. The van der Waals surface area contributed by atoms with E-state index in [4.69, 9.17) is 5.26 Å². The van der Waals surface area contributed by atoms with Crippen molar-refractivity contribution in [2.75, 3.05) is 0 Å². The van der Waals surface area contributed by atoms with Gasteiger partial charge in [-0.1, -0.05) is 0 Å². The summed E-state index contributed by atoms with van der Waals surface area (Å²) in [6.07, 6.45) is 2.18. The molecule has 0 fully saturated rings. The molecule has 0 unspecified atom stereocenters. The van der Waals surface area contributed by atoms with Crippen molar-refractivity contribution in [2.24, 2.45) is 0 Å². The SMILES string of the molecule is Cc1nc(CCCC#N)ccc1O. The van der Waals surface area contributed by atoms with E-state index in [0.29, 0.717) is 12.1 Å². The molecule has 0 spiro atoms. The Kier molecular flexibility index (Phi) is 3.27. The third-order valence-electron chi connectivity index (χ3n) is 1.84. The van der Waals surface area contributed by atoms with Gasteiger partial charge < -0.3 is 5.11 Å². The molecule has 0 aliphatic carbocycles. The highest BCUT2D eigenvalue weighted by atomic mass is 16.3. The summed E-state index contributed by atoms with van der Waals surface area (Å²) in [6.45, 7) is 1.77. The van der Waals surface area contributed by atoms with Gasteiger partial charge in [-0.3, -0.25) is 4.98 Å². The summed E-state index contributed by atoms with van der Waals surface area (Å²) in [5, 5.41) is 17.5. The number of hydrogen-bond donors (Lipinski definition) is 1. The highest BCUT2D eigenvalue weighted by Crippen LogP contribution is 2.14. The normalized spacial score (nSPS) is 9.54. The molecule has 0 bridgehead atoms. The van der Waals surface area contributed by atoms with Crippen LogP contribution < -0.4 is 0 Å². The van der Waals surface area contributed by atoms with E-state index in [1.807, 2.05) is 0 Å². The van der Waals surface area contributed by atoms with Gasteiger partial charge in [0.05, 0.1) is 11.8 Å². The second-order valence-electron chi connectivity index (χ2n) is 2.92. The maximum Gasteiger partial charge on any atom is 0.136 e. The number of unbranched alkanes of at least 4 members (excludes halogenated alkanes) is 1. The predicted molar refractivity (Wildman–Crippen MR) is 49.2 cm³/mol. The molecule has 0 aromatic carbocycles. The van der Waals surface area contributed by atoms with E-state index in [-0.39, 0.29) is 5.75 Å². The van der Waals surface area contributed by atoms with E-state index < -0.39 is 0 Å². The minimum Gasteiger partial charge on any atom is -0.506 e. The lowest BCUT2D eigenvalue weighted by Gasteiger charge is -2.01. The molecule has 1 heterocycles. The Balaban J connectivity index is 2.59. The number of hydrogen-bond acceptors (Lipinski definition) is 3. The molecule has 3 heteroatoms. The summed E-state index contributed by atoms with van der Waals surface area (Å²) in [7, 11) is 0. The monoisotopic (exact) mass is 176 g/mol. The molecule has 0 atom stereocenters. The average Bonchev–Trinajstić information content (AvgIpc) is 2.12. The highest BCUT2D eigenvalue weighted by molar-refractivity contribution is 5.26. The van der Waals surface area contributed by atoms with Crippen molar-refractivity contribution in [3.8, 4) is 11.8 Å². The van der Waals surface area contributed by atoms with E-state index in [0.717, 1.165) is 18.5 Å². The molecular formula is C10H12N2O. The molecule has 1 aromatic heterocycles. The van der Waals surface area contributed by atoms with Gasteiger partial charge >= 0.3 is 0 Å². The Labute approximate surface area is 77.7 Å². The van der Waals surface area contributed by atoms with E-state index in [1.54, 1.807) is 19.1 Å². The third-order valence-corrected chi connectivity index (χ3v) is 1.84. The highest BCUT2D eigenvalue weighted by Gasteiger charge is 1.99. The summed E-state index contributed by atoms with van der Waals surface area (Å²) in [6, 6.07) is 5.52. The maximum absolute atomic E-state index is 9.20. The van der Waals surface area contributed by atoms with Crippen LogP contribution in [0.5, 0.6) is 5.75 Å². The smallest absolute Gasteiger partial charge is 0.136 e. The third kappa shape index (κ3) is 2.75. The molecule has 0 aliphatic heterocycles. The first-order chi connectivity index (χ1) is 6.24. The second kappa shape index (κ2) is 4.46. The molecule has 1 rings (SSSR count). The Morgan fingerprint density at radius 2 is 2.31 bits per heavy atom. The molecule has 0 saturated carbocycles. The van der Waals surface area contributed by atoms with Gasteiger partial charge in [-0.05, 0) is 31.9 Å². The van der Waals surface area contributed by atoms with Gasteiger partial charge in [0.2, 0.25) is 0 Å². The largest absolute Gasteiger partial charge is 0.506 e. The van der Waals surface area contributed by atoms with Crippen molar-refractivity contribution in [1.82, 2.24) is 4.98 Å². The number of aryl methyl sites for hydroxylation is 2. The van der Waals surface area contributed by atoms with E-state index in [9.17, 15) is 5.11 Å². The van der Waals surface area contributed by atoms with Crippen LogP contribution in [0.2, 0.25) is 0 Å². The van der Waals surface area contributed by atoms with Crippen LogP contribution in [0.4, 0.5) is 0 Å². The summed E-state index contributed by atoms with van der Waals surface area (Å²) >= 11 is 0. The molecule has 0 saturated heterocycles. The number of rotatable bonds is 3. The zero-order valence-corrected chi connectivity index (χ0v) is 7.62. The van der Waals surface area contributed by atoms with Crippen molar-refractivity contribution in [3.63, 3.8) is 0 Å². The van der Waals surface area contributed by atoms with Gasteiger partial charge in [0.1, 0.15) is 5.75 Å². The van der Waals surface area contributed by atoms with Crippen LogP contribution in [0.1, 0.15) is 24.2 Å². The van der Waals surface area contributed by atoms with Crippen molar-refractivity contribution in [3.05, 3.63) is 23.5 Å². The minimum absolute atomic E-state index is 0.226. The molecule has 68 valence electrons. The zero-order chi connectivity index (χ0) is 9.68. The van der Waals surface area contributed by atoms with Crippen LogP contribution in [-0.4, -0.2) is 10.1 Å². The van der Waals surface area contributed by atoms with Gasteiger partial charge in [0.25, 0.3) is 0 Å². The lowest BCUT2D eigenvalue weighted by atomic mass is 10.2. The molecule has 1 N–H and O–H groups in total. The van der Waals surface area contributed by atoms with Gasteiger partial charge in [-0.2, -0.15) is 5.26 Å². The number of nitriles is 1. The molecule has 13 heavy (non-hydrogen) atoms. The van der Waals surface area contributed by atoms with E-state index in [1.165, 1.54) is 0 Å². The lowest BCUT2D eigenvalue weighted by molar-refractivity contribution is 0.467. The van der Waals surface area contributed by atoms with Crippen molar-refractivity contribution >= 4 is 0 Å². The fraction of sp³-hybridized carbons (Fsp3) is 0.400. The predicted octanol–water partition coefficient (Wildman–Crippen LogP) is 1.94. The molecular weight excluding hydrogens is 164 g/mol. The number of aromatic hydroxyl groups is 1. The number of aromatic nitrogens is 1. The fourth-order valence-electron chi connectivity index (χ4n) is 1.09. The number of pyridine rings is 1. The van der Waals surface area contributed by atoms with Crippen LogP contribution in [0.15, 0.2) is 12.1 Å². The van der Waals surface area contributed by atoms with Crippen LogP contribution in [0.3, 0.4) is 0 Å². The van der Waals surface area contributed by atoms with Crippen LogP contribution >= 0.6 is 0 Å². The second-order valence-corrected chi connectivity index (χ2v) is 2.92. The first kappa shape index (κ1) is 9.53. The maximum atomic E-state index is 9.20. The first-order valence-corrected chi connectivity index (χ1v) is 4.26. The van der Waals surface area contributed by atoms with E-state index in [2.05, 4.69) is 11.1 Å². The van der Waals surface area contributed by atoms with Gasteiger partial charge in [-0.25, -0.2) is 0 Å². The Morgan fingerprint density at radius 1 is 1.54 bits per heavy atom. The van der Waals surface area contributed by atoms with Crippen LogP contribution in [-0.2, 0) is 6.42 Å². The fourth-order valence-corrected chi connectivity index (χ4v) is 1.09. The molecule has 3 nitrogen and oxygen atoms in total. The topological polar surface area (TPSA) is 56.9 Å². The average molecular weight is 176 g/mol. The molecule has 0 aliphatic rings. The van der Waals surface area contributed by atoms with Crippen molar-refractivity contribution in [1.29, 1.82) is 5.26 Å². The first-order valence-electron chi connectivity index (χ1n) is 4.26. The van der Waals surface area contributed by atoms with Crippen molar-refractivity contribution in [2.45, 2.75) is 26.2 Å². The summed E-state index contributed by atoms with van der Waals surface area (Å²) in [5.41, 5.74) is 1.58. The number of nitrogens with zero attached hydrogens (tertiary/aromatic N) is 2. The minimum atomic E-state index is 0.226. The van der Waals surface area contributed by atoms with Crippen LogP contribution in [0, 0.1) is 18.3 Å². The Morgan fingerprint density at radius 3 is 2.92 bits per heavy atom. The van der Waals surface area contributed by atoms with Crippen molar-refractivity contribution < 1.29 is 5.11 Å². The standard InChI is InChI=1S/C10H12N2O/c1-8-10(13)6-5-9(12-8)4-2-3-7-11/h5-6,13H,2-4H2,1H3. The van der Waals surface area contributed by atoms with E-state index >= 15 is 0 Å². The Hall–Kier alpha value is -1.56. The summed E-state index contributed by atoms with van der Waals surface area (Å²) in [5.74, 6) is 0.226. The molecule has 0 amide bonds. The van der Waals surface area contributed by atoms with Gasteiger partial charge in [-0.15, -0.1) is 0 Å². The van der Waals surface area contributed by atoms with Gasteiger partial charge in [0, 0.05) is 12.1 Å². The molecule has 0 radical (unpaired) electrons. The summed E-state index contributed by atoms with van der Waals surface area (Å²) in [4.78, 5) is 4.19. The molecule has 1 aromatic rings.